The van der Waals surface area contributed by atoms with Crippen molar-refractivity contribution in [1.29, 1.82) is 0 Å². The van der Waals surface area contributed by atoms with Crippen LogP contribution in [0.25, 0.3) is 0 Å². The van der Waals surface area contributed by atoms with Crippen molar-refractivity contribution >= 4 is 40.5 Å². The lowest BCUT2D eigenvalue weighted by atomic mass is 10.3. The molecule has 1 N–H and O–H groups in total. The largest absolute Gasteiger partial charge is 0.482 e. The minimum absolute atomic E-state index is 0.0556. The molecule has 0 spiro atoms. The third kappa shape index (κ3) is 4.09. The fraction of sp³-hybridized carbons (Fsp3) is 0.0714. The van der Waals surface area contributed by atoms with Crippen molar-refractivity contribution in [2.24, 2.45) is 0 Å². The lowest BCUT2D eigenvalue weighted by molar-refractivity contribution is -0.384. The maximum absolute atomic E-state index is 11.8. The number of anilines is 1. The molecule has 0 bridgehead atoms. The maximum Gasteiger partial charge on any atom is 0.269 e. The van der Waals surface area contributed by atoms with Crippen LogP contribution in [0.4, 0.5) is 11.4 Å². The second-order valence-corrected chi connectivity index (χ2v) is 4.98. The van der Waals surface area contributed by atoms with E-state index >= 15 is 0 Å². The third-order valence-corrected chi connectivity index (χ3v) is 3.44. The van der Waals surface area contributed by atoms with Crippen molar-refractivity contribution in [3.05, 3.63) is 62.6 Å². The van der Waals surface area contributed by atoms with E-state index in [1.165, 1.54) is 24.3 Å². The Kier molecular flexibility index (Phi) is 5.19. The molecule has 0 unspecified atom stereocenters. The first-order valence-electron chi connectivity index (χ1n) is 6.08. The van der Waals surface area contributed by atoms with Gasteiger partial charge in [0.1, 0.15) is 10.8 Å². The predicted molar refractivity (Wildman–Crippen MR) is 83.7 cm³/mol. The number of hydrogen-bond acceptors (Lipinski definition) is 4. The lowest BCUT2D eigenvalue weighted by Gasteiger charge is -2.09. The summed E-state index contributed by atoms with van der Waals surface area (Å²) in [6.45, 7) is -0.267. The second-order valence-electron chi connectivity index (χ2n) is 4.19. The number of nitrogens with one attached hydrogen (secondary N) is 1. The van der Waals surface area contributed by atoms with Crippen molar-refractivity contribution in [1.82, 2.24) is 0 Å². The van der Waals surface area contributed by atoms with Crippen LogP contribution in [0.1, 0.15) is 0 Å². The summed E-state index contributed by atoms with van der Waals surface area (Å²) in [5.41, 5.74) is 0.372. The highest BCUT2D eigenvalue weighted by atomic mass is 35.5. The smallest absolute Gasteiger partial charge is 0.269 e. The maximum atomic E-state index is 11.8. The number of rotatable bonds is 5. The van der Waals surface area contributed by atoms with Crippen LogP contribution in [0.15, 0.2) is 42.5 Å². The molecule has 6 nitrogen and oxygen atoms in total. The van der Waals surface area contributed by atoms with E-state index in [0.29, 0.717) is 16.5 Å². The van der Waals surface area contributed by atoms with E-state index in [0.717, 1.165) is 0 Å². The summed E-state index contributed by atoms with van der Waals surface area (Å²) in [5, 5.41) is 13.6. The number of non-ortho nitro benzene ring substituents is 1. The summed E-state index contributed by atoms with van der Waals surface area (Å²) in [7, 11) is 0. The standard InChI is InChI=1S/C14H10Cl2N2O4/c15-11-2-1-3-12(14(11)16)22-8-13(19)17-9-4-6-10(7-5-9)18(20)21/h1-7H,8H2,(H,17,19). The van der Waals surface area contributed by atoms with Crippen LogP contribution in [-0.2, 0) is 4.79 Å². The quantitative estimate of drug-likeness (QED) is 0.660. The highest BCUT2D eigenvalue weighted by Gasteiger charge is 2.09. The van der Waals surface area contributed by atoms with Gasteiger partial charge in [-0.15, -0.1) is 0 Å². The first-order chi connectivity index (χ1) is 10.5. The van der Waals surface area contributed by atoms with Crippen LogP contribution in [0, 0.1) is 10.1 Å². The molecule has 0 saturated heterocycles. The molecule has 0 radical (unpaired) electrons. The van der Waals surface area contributed by atoms with Crippen molar-refractivity contribution in [3.63, 3.8) is 0 Å². The minimum atomic E-state index is -0.518. The van der Waals surface area contributed by atoms with E-state index in [1.54, 1.807) is 18.2 Å². The fourth-order valence-corrected chi connectivity index (χ4v) is 1.95. The third-order valence-electron chi connectivity index (χ3n) is 2.64. The molecular formula is C14H10Cl2N2O4. The Labute approximate surface area is 135 Å². The summed E-state index contributed by atoms with van der Waals surface area (Å²) in [6.07, 6.45) is 0. The number of carbonyl (C=O) groups excluding carboxylic acids is 1. The number of halogens is 2. The molecule has 0 aliphatic heterocycles. The van der Waals surface area contributed by atoms with Crippen LogP contribution < -0.4 is 10.1 Å². The van der Waals surface area contributed by atoms with Gasteiger partial charge in [0.15, 0.2) is 6.61 Å². The van der Waals surface area contributed by atoms with Gasteiger partial charge in [0.2, 0.25) is 0 Å². The molecule has 0 fully saturated rings. The minimum Gasteiger partial charge on any atom is -0.482 e. The van der Waals surface area contributed by atoms with E-state index in [9.17, 15) is 14.9 Å². The van der Waals surface area contributed by atoms with Crippen LogP contribution in [0.5, 0.6) is 5.75 Å². The highest BCUT2D eigenvalue weighted by molar-refractivity contribution is 6.42. The van der Waals surface area contributed by atoms with Gasteiger partial charge in [-0.05, 0) is 24.3 Å². The van der Waals surface area contributed by atoms with Gasteiger partial charge in [-0.2, -0.15) is 0 Å². The van der Waals surface area contributed by atoms with Gasteiger partial charge in [0.25, 0.3) is 11.6 Å². The molecule has 8 heteroatoms. The molecule has 2 aromatic rings. The molecule has 2 aromatic carbocycles. The summed E-state index contributed by atoms with van der Waals surface area (Å²) in [6, 6.07) is 10.3. The summed E-state index contributed by atoms with van der Waals surface area (Å²) >= 11 is 11.8. The molecule has 114 valence electrons. The number of nitrogens with zero attached hydrogens (tertiary/aromatic N) is 1. The monoisotopic (exact) mass is 340 g/mol. The molecule has 0 atom stereocenters. The van der Waals surface area contributed by atoms with Crippen molar-refractivity contribution < 1.29 is 14.5 Å². The molecule has 22 heavy (non-hydrogen) atoms. The number of benzene rings is 2. The van der Waals surface area contributed by atoms with E-state index in [2.05, 4.69) is 5.32 Å². The number of amides is 1. The predicted octanol–water partition coefficient (Wildman–Crippen LogP) is 3.92. The molecule has 2 rings (SSSR count). The van der Waals surface area contributed by atoms with Gasteiger partial charge in [-0.1, -0.05) is 29.3 Å². The number of nitro benzene ring substituents is 1. The molecule has 0 heterocycles. The Morgan fingerprint density at radius 2 is 1.86 bits per heavy atom. The average molecular weight is 341 g/mol. The Balaban J connectivity index is 1.93. The van der Waals surface area contributed by atoms with Crippen LogP contribution in [-0.4, -0.2) is 17.4 Å². The molecule has 0 aliphatic rings. The van der Waals surface area contributed by atoms with Crippen LogP contribution in [0.2, 0.25) is 10.0 Å². The fourth-order valence-electron chi connectivity index (χ4n) is 1.60. The zero-order valence-corrected chi connectivity index (χ0v) is 12.6. The Bertz CT molecular complexity index is 704. The van der Waals surface area contributed by atoms with Gasteiger partial charge in [0.05, 0.1) is 9.95 Å². The molecule has 0 aromatic heterocycles. The molecule has 1 amide bonds. The normalized spacial score (nSPS) is 10.1. The van der Waals surface area contributed by atoms with E-state index < -0.39 is 10.8 Å². The first-order valence-corrected chi connectivity index (χ1v) is 6.84. The van der Waals surface area contributed by atoms with Crippen LogP contribution in [0.3, 0.4) is 0 Å². The zero-order chi connectivity index (χ0) is 16.1. The van der Waals surface area contributed by atoms with Crippen molar-refractivity contribution in [2.45, 2.75) is 0 Å². The van der Waals surface area contributed by atoms with Crippen molar-refractivity contribution in [3.8, 4) is 5.75 Å². The number of ether oxygens (including phenoxy) is 1. The topological polar surface area (TPSA) is 81.5 Å². The average Bonchev–Trinajstić information content (AvgIpc) is 2.49. The van der Waals surface area contributed by atoms with E-state index in [1.807, 2.05) is 0 Å². The summed E-state index contributed by atoms with van der Waals surface area (Å²) < 4.78 is 5.28. The molecule has 0 saturated carbocycles. The Morgan fingerprint density at radius 3 is 2.50 bits per heavy atom. The number of nitro groups is 1. The number of hydrogen-bond donors (Lipinski definition) is 1. The Morgan fingerprint density at radius 1 is 1.18 bits per heavy atom. The second kappa shape index (κ2) is 7.11. The van der Waals surface area contributed by atoms with Gasteiger partial charge < -0.3 is 10.1 Å². The summed E-state index contributed by atoms with van der Waals surface area (Å²) in [5.74, 6) is -0.127. The van der Waals surface area contributed by atoms with Gasteiger partial charge in [0, 0.05) is 17.8 Å². The molecular weight excluding hydrogens is 331 g/mol. The SMILES string of the molecule is O=C(COc1cccc(Cl)c1Cl)Nc1ccc([N+](=O)[O-])cc1. The van der Waals surface area contributed by atoms with E-state index in [-0.39, 0.29) is 17.3 Å². The highest BCUT2D eigenvalue weighted by Crippen LogP contribution is 2.31. The Hall–Kier alpha value is -2.31. The molecule has 0 aliphatic carbocycles. The van der Waals surface area contributed by atoms with Gasteiger partial charge in [-0.3, -0.25) is 14.9 Å². The van der Waals surface area contributed by atoms with E-state index in [4.69, 9.17) is 27.9 Å². The lowest BCUT2D eigenvalue weighted by Crippen LogP contribution is -2.20. The summed E-state index contributed by atoms with van der Waals surface area (Å²) in [4.78, 5) is 21.8. The van der Waals surface area contributed by atoms with Gasteiger partial charge >= 0.3 is 0 Å². The number of carbonyl (C=O) groups is 1. The first kappa shape index (κ1) is 16.1. The van der Waals surface area contributed by atoms with Crippen LogP contribution >= 0.6 is 23.2 Å². The van der Waals surface area contributed by atoms with Crippen molar-refractivity contribution in [2.75, 3.05) is 11.9 Å². The zero-order valence-electron chi connectivity index (χ0n) is 11.1. The van der Waals surface area contributed by atoms with Gasteiger partial charge in [-0.25, -0.2) is 0 Å².